The maximum absolute atomic E-state index is 10.9. The van der Waals surface area contributed by atoms with Crippen LogP contribution in [0.15, 0.2) is 66.7 Å². The minimum absolute atomic E-state index is 0.215. The number of hydrogen-bond donors (Lipinski definition) is 1. The zero-order valence-corrected chi connectivity index (χ0v) is 14.3. The molecular weight excluding hydrogens is 320 g/mol. The van der Waals surface area contributed by atoms with Gasteiger partial charge in [0.05, 0.1) is 0 Å². The topological polar surface area (TPSA) is 37.3 Å². The molecule has 0 aromatic heterocycles. The molecular formula is C24H18O2. The molecule has 0 unspecified atom stereocenters. The van der Waals surface area contributed by atoms with Gasteiger partial charge in [-0.2, -0.15) is 0 Å². The third kappa shape index (κ3) is 2.22. The van der Waals surface area contributed by atoms with E-state index in [2.05, 4.69) is 66.7 Å². The number of aryl methyl sites for hydroxylation is 1. The van der Waals surface area contributed by atoms with Gasteiger partial charge in [0.15, 0.2) is 0 Å². The van der Waals surface area contributed by atoms with E-state index < -0.39 is 5.97 Å². The first-order valence-electron chi connectivity index (χ1n) is 9.02. The molecule has 0 spiro atoms. The van der Waals surface area contributed by atoms with Crippen LogP contribution in [0.4, 0.5) is 0 Å². The van der Waals surface area contributed by atoms with E-state index in [0.29, 0.717) is 6.42 Å². The molecule has 0 fully saturated rings. The molecule has 5 aromatic rings. The van der Waals surface area contributed by atoms with Crippen LogP contribution in [0.3, 0.4) is 0 Å². The molecule has 1 N–H and O–H groups in total. The van der Waals surface area contributed by atoms with E-state index in [1.54, 1.807) is 0 Å². The number of carboxylic acid groups (broad SMARTS) is 1. The lowest BCUT2D eigenvalue weighted by Gasteiger charge is -2.15. The van der Waals surface area contributed by atoms with Crippen molar-refractivity contribution in [3.63, 3.8) is 0 Å². The van der Waals surface area contributed by atoms with Gasteiger partial charge < -0.3 is 5.11 Å². The molecule has 0 atom stereocenters. The summed E-state index contributed by atoms with van der Waals surface area (Å²) in [5.41, 5.74) is 1.24. The number of carboxylic acids is 1. The molecule has 26 heavy (non-hydrogen) atoms. The minimum Gasteiger partial charge on any atom is -0.481 e. The number of aliphatic carboxylic acids is 1. The van der Waals surface area contributed by atoms with Crippen LogP contribution in [0.5, 0.6) is 0 Å². The zero-order valence-electron chi connectivity index (χ0n) is 14.3. The van der Waals surface area contributed by atoms with Crippen molar-refractivity contribution in [2.75, 3.05) is 0 Å². The zero-order chi connectivity index (χ0) is 17.7. The van der Waals surface area contributed by atoms with E-state index in [-0.39, 0.29) is 6.42 Å². The normalized spacial score (nSPS) is 11.8. The summed E-state index contributed by atoms with van der Waals surface area (Å²) in [5, 5.41) is 19.1. The van der Waals surface area contributed by atoms with E-state index in [9.17, 15) is 4.79 Å². The van der Waals surface area contributed by atoms with Gasteiger partial charge in [-0.1, -0.05) is 60.7 Å². The van der Waals surface area contributed by atoms with Gasteiger partial charge in [-0.15, -0.1) is 0 Å². The van der Waals surface area contributed by atoms with Gasteiger partial charge in [-0.25, -0.2) is 0 Å². The van der Waals surface area contributed by atoms with Crippen molar-refractivity contribution in [2.45, 2.75) is 19.3 Å². The van der Waals surface area contributed by atoms with Crippen molar-refractivity contribution < 1.29 is 9.90 Å². The van der Waals surface area contributed by atoms with Gasteiger partial charge in [0.1, 0.15) is 0 Å². The van der Waals surface area contributed by atoms with Crippen molar-refractivity contribution in [3.05, 3.63) is 72.3 Å². The first-order valence-corrected chi connectivity index (χ1v) is 9.02. The van der Waals surface area contributed by atoms with E-state index in [1.165, 1.54) is 48.7 Å². The summed E-state index contributed by atoms with van der Waals surface area (Å²) in [6, 6.07) is 24.0. The summed E-state index contributed by atoms with van der Waals surface area (Å²) >= 11 is 0. The average molecular weight is 338 g/mol. The second-order valence-electron chi connectivity index (χ2n) is 6.99. The third-order valence-corrected chi connectivity index (χ3v) is 5.43. The summed E-state index contributed by atoms with van der Waals surface area (Å²) in [7, 11) is 0. The molecule has 5 aromatic carbocycles. The van der Waals surface area contributed by atoms with Gasteiger partial charge in [0.25, 0.3) is 0 Å². The summed E-state index contributed by atoms with van der Waals surface area (Å²) in [4.78, 5) is 10.9. The Bertz CT molecular complexity index is 1280. The summed E-state index contributed by atoms with van der Waals surface area (Å²) < 4.78 is 0. The smallest absolute Gasteiger partial charge is 0.303 e. The Morgan fingerprint density at radius 1 is 0.731 bits per heavy atom. The number of rotatable bonds is 4. The molecule has 0 bridgehead atoms. The molecule has 0 radical (unpaired) electrons. The number of hydrogen-bond acceptors (Lipinski definition) is 1. The third-order valence-electron chi connectivity index (χ3n) is 5.43. The highest BCUT2D eigenvalue weighted by molar-refractivity contribution is 6.29. The predicted molar refractivity (Wildman–Crippen MR) is 108 cm³/mol. The molecule has 0 aliphatic heterocycles. The Balaban J connectivity index is 1.82. The van der Waals surface area contributed by atoms with E-state index in [1.807, 2.05) is 0 Å². The second kappa shape index (κ2) is 5.70. The Labute approximate surface area is 151 Å². The number of carbonyl (C=O) groups is 1. The van der Waals surface area contributed by atoms with Crippen LogP contribution in [-0.2, 0) is 11.2 Å². The first kappa shape index (κ1) is 15.2. The Kier molecular flexibility index (Phi) is 3.32. The largest absolute Gasteiger partial charge is 0.481 e. The molecule has 0 heterocycles. The predicted octanol–water partition coefficient (Wildman–Crippen LogP) is 6.14. The summed E-state index contributed by atoms with van der Waals surface area (Å²) in [6.45, 7) is 0. The SMILES string of the molecule is O=C(O)CCCc1ccc2ccc3cc4ccccc4c4ccc1c2c34. The fourth-order valence-electron chi connectivity index (χ4n) is 4.26. The fraction of sp³-hybridized carbons (Fsp3) is 0.125. The average Bonchev–Trinajstić information content (AvgIpc) is 2.66. The van der Waals surface area contributed by atoms with Gasteiger partial charge in [0.2, 0.25) is 0 Å². The lowest BCUT2D eigenvalue weighted by Crippen LogP contribution is -1.97. The molecule has 2 nitrogen and oxygen atoms in total. The first-order chi connectivity index (χ1) is 12.7. The summed E-state index contributed by atoms with van der Waals surface area (Å²) in [5.74, 6) is -0.728. The van der Waals surface area contributed by atoms with E-state index in [0.717, 1.165) is 6.42 Å². The van der Waals surface area contributed by atoms with Crippen molar-refractivity contribution in [2.24, 2.45) is 0 Å². The molecule has 126 valence electrons. The highest BCUT2D eigenvalue weighted by atomic mass is 16.4. The minimum atomic E-state index is -0.728. The monoisotopic (exact) mass is 338 g/mol. The molecule has 0 saturated carbocycles. The van der Waals surface area contributed by atoms with E-state index in [4.69, 9.17) is 5.11 Å². The second-order valence-corrected chi connectivity index (χ2v) is 6.99. The van der Waals surface area contributed by atoms with Crippen LogP contribution < -0.4 is 0 Å². The Morgan fingerprint density at radius 3 is 2.35 bits per heavy atom. The molecule has 2 heteroatoms. The fourth-order valence-corrected chi connectivity index (χ4v) is 4.26. The molecule has 5 rings (SSSR count). The molecule has 0 saturated heterocycles. The molecule has 0 aliphatic carbocycles. The lowest BCUT2D eigenvalue weighted by atomic mass is 9.88. The highest BCUT2D eigenvalue weighted by Crippen LogP contribution is 2.39. The number of benzene rings is 5. The van der Waals surface area contributed by atoms with Crippen LogP contribution >= 0.6 is 0 Å². The Hall–Kier alpha value is -3.13. The van der Waals surface area contributed by atoms with Crippen molar-refractivity contribution in [1.82, 2.24) is 0 Å². The Morgan fingerprint density at radius 2 is 1.46 bits per heavy atom. The van der Waals surface area contributed by atoms with Gasteiger partial charge in [-0.05, 0) is 67.6 Å². The highest BCUT2D eigenvalue weighted by Gasteiger charge is 2.13. The van der Waals surface area contributed by atoms with Crippen molar-refractivity contribution >= 4 is 49.1 Å². The van der Waals surface area contributed by atoms with Gasteiger partial charge in [0, 0.05) is 6.42 Å². The molecule has 0 amide bonds. The summed E-state index contributed by atoms with van der Waals surface area (Å²) in [6.07, 6.45) is 1.68. The lowest BCUT2D eigenvalue weighted by molar-refractivity contribution is -0.137. The van der Waals surface area contributed by atoms with Crippen LogP contribution in [0.25, 0.3) is 43.1 Å². The van der Waals surface area contributed by atoms with Gasteiger partial charge >= 0.3 is 5.97 Å². The van der Waals surface area contributed by atoms with Crippen LogP contribution in [0.1, 0.15) is 18.4 Å². The van der Waals surface area contributed by atoms with Crippen molar-refractivity contribution in [3.8, 4) is 0 Å². The van der Waals surface area contributed by atoms with E-state index >= 15 is 0 Å². The molecule has 0 aliphatic rings. The quantitative estimate of drug-likeness (QED) is 0.315. The van der Waals surface area contributed by atoms with Crippen molar-refractivity contribution in [1.29, 1.82) is 0 Å². The van der Waals surface area contributed by atoms with Gasteiger partial charge in [-0.3, -0.25) is 4.79 Å². The van der Waals surface area contributed by atoms with Crippen LogP contribution in [-0.4, -0.2) is 11.1 Å². The maximum atomic E-state index is 10.9. The maximum Gasteiger partial charge on any atom is 0.303 e. The van der Waals surface area contributed by atoms with Crippen LogP contribution in [0.2, 0.25) is 0 Å². The standard InChI is InChI=1S/C24H18O2/c25-22(26)7-3-5-15-8-9-16-10-11-18-14-17-4-1-2-6-19(17)21-13-12-20(15)23(16)24(18)21/h1-2,4,6,8-14H,3,5,7H2,(H,25,26). The van der Waals surface area contributed by atoms with Crippen LogP contribution in [0, 0.1) is 0 Å². The number of fused-ring (bicyclic) bond motifs is 2.